The summed E-state index contributed by atoms with van der Waals surface area (Å²) in [5.41, 5.74) is -0.916. The van der Waals surface area contributed by atoms with Gasteiger partial charge in [-0.1, -0.05) is 30.3 Å². The van der Waals surface area contributed by atoms with Gasteiger partial charge in [-0.15, -0.1) is 0 Å². The van der Waals surface area contributed by atoms with Crippen molar-refractivity contribution in [2.45, 2.75) is 19.3 Å². The molecule has 1 atom stereocenters. The molecule has 1 unspecified atom stereocenters. The number of hydrogen-bond donors (Lipinski definition) is 0. The lowest BCUT2D eigenvalue weighted by Crippen LogP contribution is -2.53. The Morgan fingerprint density at radius 2 is 1.68 bits per heavy atom. The second-order valence-electron chi connectivity index (χ2n) is 5.53. The van der Waals surface area contributed by atoms with E-state index in [0.29, 0.717) is 0 Å². The normalized spacial score (nSPS) is 18.5. The number of ether oxygens (including phenoxy) is 4. The fourth-order valence-electron chi connectivity index (χ4n) is 2.97. The number of esters is 2. The van der Waals surface area contributed by atoms with Crippen molar-refractivity contribution in [2.75, 3.05) is 27.9 Å². The molecule has 1 saturated heterocycles. The summed E-state index contributed by atoms with van der Waals surface area (Å²) in [6, 6.07) is 9.15. The summed E-state index contributed by atoms with van der Waals surface area (Å²) in [5, 5.41) is 0. The van der Waals surface area contributed by atoms with E-state index >= 15 is 0 Å². The van der Waals surface area contributed by atoms with Crippen LogP contribution in [0.25, 0.3) is 0 Å². The molecule has 8 heteroatoms. The molecule has 1 heterocycles. The van der Waals surface area contributed by atoms with E-state index in [1.807, 2.05) is 30.3 Å². The average molecular weight is 351 g/mol. The number of methoxy groups -OCH3 is 3. The van der Waals surface area contributed by atoms with Crippen LogP contribution in [-0.4, -0.2) is 57.0 Å². The van der Waals surface area contributed by atoms with Crippen LogP contribution < -0.4 is 0 Å². The Hall–Kier alpha value is -2.61. The lowest BCUT2D eigenvalue weighted by atomic mass is 9.85. The number of likely N-dealkylation sites (tertiary alicyclic amines) is 1. The van der Waals surface area contributed by atoms with Gasteiger partial charge in [0.25, 0.3) is 0 Å². The van der Waals surface area contributed by atoms with Crippen LogP contribution in [0.15, 0.2) is 30.3 Å². The average Bonchev–Trinajstić information content (AvgIpc) is 3.06. The van der Waals surface area contributed by atoms with Crippen LogP contribution in [0.2, 0.25) is 0 Å². The minimum absolute atomic E-state index is 0.0191. The SMILES string of the molecule is COC(=O)C1(C(=O)OC)CCN(C(=O)OCc2ccccc2)C1OC. The Morgan fingerprint density at radius 1 is 1.08 bits per heavy atom. The van der Waals surface area contributed by atoms with E-state index in [9.17, 15) is 14.4 Å². The van der Waals surface area contributed by atoms with Gasteiger partial charge in [-0.25, -0.2) is 4.79 Å². The number of amides is 1. The molecular weight excluding hydrogens is 330 g/mol. The molecule has 1 amide bonds. The molecule has 1 aliphatic rings. The molecule has 1 aromatic rings. The van der Waals surface area contributed by atoms with Crippen LogP contribution in [0.5, 0.6) is 0 Å². The Bertz CT molecular complexity index is 615. The van der Waals surface area contributed by atoms with Crippen molar-refractivity contribution < 1.29 is 33.3 Å². The zero-order valence-corrected chi connectivity index (χ0v) is 14.4. The molecule has 2 rings (SSSR count). The minimum Gasteiger partial charge on any atom is -0.468 e. The van der Waals surface area contributed by atoms with Crippen LogP contribution in [0.1, 0.15) is 12.0 Å². The van der Waals surface area contributed by atoms with Crippen molar-refractivity contribution in [3.05, 3.63) is 35.9 Å². The molecule has 1 aromatic carbocycles. The second-order valence-corrected chi connectivity index (χ2v) is 5.53. The number of benzene rings is 1. The molecule has 0 bridgehead atoms. The third-order valence-electron chi connectivity index (χ3n) is 4.21. The Labute approximate surface area is 145 Å². The van der Waals surface area contributed by atoms with Gasteiger partial charge in [-0.2, -0.15) is 0 Å². The first-order chi connectivity index (χ1) is 12.0. The highest BCUT2D eigenvalue weighted by Gasteiger charge is 2.62. The molecule has 0 saturated carbocycles. The maximum Gasteiger partial charge on any atom is 0.412 e. The highest BCUT2D eigenvalue weighted by molar-refractivity contribution is 6.01. The molecule has 0 N–H and O–H groups in total. The van der Waals surface area contributed by atoms with E-state index in [1.165, 1.54) is 12.0 Å². The second kappa shape index (κ2) is 7.98. The van der Waals surface area contributed by atoms with Crippen LogP contribution in [0.4, 0.5) is 4.79 Å². The lowest BCUT2D eigenvalue weighted by molar-refractivity contribution is -0.182. The Morgan fingerprint density at radius 3 is 2.20 bits per heavy atom. The van der Waals surface area contributed by atoms with E-state index in [4.69, 9.17) is 18.9 Å². The molecule has 1 aliphatic heterocycles. The van der Waals surface area contributed by atoms with Gasteiger partial charge in [-0.3, -0.25) is 14.5 Å². The van der Waals surface area contributed by atoms with Gasteiger partial charge in [0.05, 0.1) is 14.2 Å². The summed E-state index contributed by atoms with van der Waals surface area (Å²) in [5.74, 6) is -1.63. The van der Waals surface area contributed by atoms with E-state index in [2.05, 4.69) is 0 Å². The predicted molar refractivity (Wildman–Crippen MR) is 85.2 cm³/mol. The Balaban J connectivity index is 2.17. The third kappa shape index (κ3) is 3.43. The maximum absolute atomic E-state index is 12.4. The number of nitrogens with zero attached hydrogens (tertiary/aromatic N) is 1. The molecule has 0 spiro atoms. The van der Waals surface area contributed by atoms with Crippen LogP contribution in [0.3, 0.4) is 0 Å². The monoisotopic (exact) mass is 351 g/mol. The number of rotatable bonds is 5. The first kappa shape index (κ1) is 18.7. The molecule has 0 aliphatic carbocycles. The fourth-order valence-corrected chi connectivity index (χ4v) is 2.97. The molecule has 8 nitrogen and oxygen atoms in total. The fraction of sp³-hybridized carbons (Fsp3) is 0.471. The van der Waals surface area contributed by atoms with Crippen molar-refractivity contribution >= 4 is 18.0 Å². The summed E-state index contributed by atoms with van der Waals surface area (Å²) >= 11 is 0. The third-order valence-corrected chi connectivity index (χ3v) is 4.21. The van der Waals surface area contributed by atoms with Crippen molar-refractivity contribution in [1.29, 1.82) is 0 Å². The summed E-state index contributed by atoms with van der Waals surface area (Å²) in [6.07, 6.45) is -1.84. The van der Waals surface area contributed by atoms with Gasteiger partial charge in [0.1, 0.15) is 6.61 Å². The number of hydrogen-bond acceptors (Lipinski definition) is 7. The Kier molecular flexibility index (Phi) is 5.97. The van der Waals surface area contributed by atoms with E-state index < -0.39 is 29.7 Å². The van der Waals surface area contributed by atoms with Gasteiger partial charge < -0.3 is 18.9 Å². The topological polar surface area (TPSA) is 91.4 Å². The quantitative estimate of drug-likeness (QED) is 0.449. The molecule has 0 radical (unpaired) electrons. The maximum atomic E-state index is 12.4. The van der Waals surface area contributed by atoms with E-state index in [-0.39, 0.29) is 19.6 Å². The number of carbonyl (C=O) groups is 3. The van der Waals surface area contributed by atoms with Crippen molar-refractivity contribution in [3.63, 3.8) is 0 Å². The molecule has 25 heavy (non-hydrogen) atoms. The molecule has 136 valence electrons. The zero-order valence-electron chi connectivity index (χ0n) is 14.4. The van der Waals surface area contributed by atoms with E-state index in [0.717, 1.165) is 19.8 Å². The summed E-state index contributed by atoms with van der Waals surface area (Å²) in [7, 11) is 3.63. The summed E-state index contributed by atoms with van der Waals surface area (Å²) in [4.78, 5) is 38.2. The first-order valence-electron chi connectivity index (χ1n) is 7.68. The van der Waals surface area contributed by atoms with Crippen molar-refractivity contribution in [2.24, 2.45) is 5.41 Å². The van der Waals surface area contributed by atoms with Gasteiger partial charge in [0.2, 0.25) is 5.41 Å². The first-order valence-corrected chi connectivity index (χ1v) is 7.68. The van der Waals surface area contributed by atoms with E-state index in [1.54, 1.807) is 0 Å². The van der Waals surface area contributed by atoms with Crippen molar-refractivity contribution in [3.8, 4) is 0 Å². The highest BCUT2D eigenvalue weighted by Crippen LogP contribution is 2.40. The predicted octanol–water partition coefficient (Wildman–Crippen LogP) is 1.33. The molecule has 1 fully saturated rings. The standard InChI is InChI=1S/C17H21NO7/c1-22-13-17(14(19)23-2,15(20)24-3)9-10-18(13)16(21)25-11-12-7-5-4-6-8-12/h4-8,13H,9-11H2,1-3H3. The minimum atomic E-state index is -1.73. The number of carbonyl (C=O) groups excluding carboxylic acids is 3. The molecule has 0 aromatic heterocycles. The summed E-state index contributed by atoms with van der Waals surface area (Å²) < 4.78 is 20.1. The smallest absolute Gasteiger partial charge is 0.412 e. The van der Waals surface area contributed by atoms with Gasteiger partial charge >= 0.3 is 18.0 Å². The van der Waals surface area contributed by atoms with Crippen molar-refractivity contribution in [1.82, 2.24) is 4.90 Å². The van der Waals surface area contributed by atoms with Crippen LogP contribution in [-0.2, 0) is 35.1 Å². The zero-order chi connectivity index (χ0) is 18.4. The lowest BCUT2D eigenvalue weighted by Gasteiger charge is -2.31. The summed E-state index contributed by atoms with van der Waals surface area (Å²) in [6.45, 7) is 0.159. The van der Waals surface area contributed by atoms with Gasteiger partial charge in [0, 0.05) is 13.7 Å². The molecular formula is C17H21NO7. The van der Waals surface area contributed by atoms with Crippen LogP contribution in [0, 0.1) is 5.41 Å². The largest absolute Gasteiger partial charge is 0.468 e. The van der Waals surface area contributed by atoms with Gasteiger partial charge in [0.15, 0.2) is 6.23 Å². The van der Waals surface area contributed by atoms with Crippen LogP contribution >= 0.6 is 0 Å². The highest BCUT2D eigenvalue weighted by atomic mass is 16.6. The van der Waals surface area contributed by atoms with Gasteiger partial charge in [-0.05, 0) is 12.0 Å².